The van der Waals surface area contributed by atoms with Crippen LogP contribution in [0.15, 0.2) is 48.5 Å². The summed E-state index contributed by atoms with van der Waals surface area (Å²) in [5.41, 5.74) is 3.21. The van der Waals surface area contributed by atoms with Crippen molar-refractivity contribution in [3.63, 3.8) is 0 Å². The molecule has 1 amide bonds. The summed E-state index contributed by atoms with van der Waals surface area (Å²) in [4.78, 5) is 15.6. The fourth-order valence-corrected chi connectivity index (χ4v) is 2.97. The lowest BCUT2D eigenvalue weighted by Crippen LogP contribution is -2.12. The predicted octanol–water partition coefficient (Wildman–Crippen LogP) is 5.00. The molecule has 25 heavy (non-hydrogen) atoms. The first kappa shape index (κ1) is 16.2. The number of anilines is 1. The van der Waals surface area contributed by atoms with Gasteiger partial charge >= 0.3 is 0 Å². The maximum atomic E-state index is 12.5. The third-order valence-corrected chi connectivity index (χ3v) is 4.57. The van der Waals surface area contributed by atoms with Gasteiger partial charge in [-0.1, -0.05) is 23.7 Å². The van der Waals surface area contributed by atoms with Crippen molar-refractivity contribution in [1.82, 2.24) is 4.98 Å². The van der Waals surface area contributed by atoms with Crippen molar-refractivity contribution in [2.75, 3.05) is 11.9 Å². The first-order valence-electron chi connectivity index (χ1n) is 8.44. The fourth-order valence-electron chi connectivity index (χ4n) is 2.79. The van der Waals surface area contributed by atoms with Gasteiger partial charge < -0.3 is 15.0 Å². The molecule has 3 aromatic rings. The lowest BCUT2D eigenvalue weighted by molar-refractivity contribution is 0.102. The van der Waals surface area contributed by atoms with Gasteiger partial charge in [-0.05, 0) is 60.7 Å². The molecule has 1 saturated carbocycles. The summed E-state index contributed by atoms with van der Waals surface area (Å²) in [6, 6.07) is 15.1. The number of amides is 1. The normalized spacial score (nSPS) is 14.0. The number of carbonyl (C=O) groups excluding carboxylic acids is 1. The zero-order valence-electron chi connectivity index (χ0n) is 13.7. The number of halogens is 1. The van der Waals surface area contributed by atoms with Crippen LogP contribution in [-0.2, 0) is 11.3 Å². The Morgan fingerprint density at radius 3 is 2.92 bits per heavy atom. The minimum Gasteiger partial charge on any atom is -0.376 e. The minimum absolute atomic E-state index is 0.177. The number of rotatable bonds is 6. The van der Waals surface area contributed by atoms with Gasteiger partial charge in [-0.15, -0.1) is 0 Å². The number of benzene rings is 2. The Morgan fingerprint density at radius 1 is 1.20 bits per heavy atom. The average Bonchev–Trinajstić information content (AvgIpc) is 3.32. The molecule has 1 aliphatic rings. The van der Waals surface area contributed by atoms with Crippen molar-refractivity contribution in [1.29, 1.82) is 0 Å². The van der Waals surface area contributed by atoms with Crippen LogP contribution in [0.1, 0.15) is 28.9 Å². The van der Waals surface area contributed by atoms with Gasteiger partial charge in [0, 0.05) is 28.2 Å². The highest BCUT2D eigenvalue weighted by atomic mass is 35.5. The number of aromatic amines is 1. The van der Waals surface area contributed by atoms with E-state index in [0.717, 1.165) is 34.7 Å². The molecule has 2 aromatic carbocycles. The van der Waals surface area contributed by atoms with Gasteiger partial charge in [0.2, 0.25) is 0 Å². The Balaban J connectivity index is 1.43. The molecule has 1 aliphatic carbocycles. The van der Waals surface area contributed by atoms with Gasteiger partial charge in [0.05, 0.1) is 6.61 Å². The van der Waals surface area contributed by atoms with Crippen LogP contribution in [0.25, 0.3) is 10.9 Å². The summed E-state index contributed by atoms with van der Waals surface area (Å²) in [5.74, 6) is 0.571. The van der Waals surface area contributed by atoms with Gasteiger partial charge in [-0.2, -0.15) is 0 Å². The molecule has 1 aromatic heterocycles. The van der Waals surface area contributed by atoms with Crippen LogP contribution < -0.4 is 5.32 Å². The molecule has 0 aliphatic heterocycles. The van der Waals surface area contributed by atoms with E-state index in [1.54, 1.807) is 12.1 Å². The predicted molar refractivity (Wildman–Crippen MR) is 100 cm³/mol. The number of fused-ring (bicyclic) bond motifs is 1. The van der Waals surface area contributed by atoms with Crippen molar-refractivity contribution in [3.05, 3.63) is 64.8 Å². The number of carbonyl (C=O) groups is 1. The van der Waals surface area contributed by atoms with E-state index in [1.165, 1.54) is 12.8 Å². The molecule has 0 bridgehead atoms. The molecular formula is C20H19ClN2O2. The standard InChI is InChI=1S/C20H19ClN2O2/c21-16-6-7-18-15(9-16)10-19(23-18)20(24)22-17-3-1-2-14(8-17)12-25-11-13-4-5-13/h1-3,6-10,13,23H,4-5,11-12H2,(H,22,24). The molecular weight excluding hydrogens is 336 g/mol. The monoisotopic (exact) mass is 354 g/mol. The summed E-state index contributed by atoms with van der Waals surface area (Å²) in [5, 5.41) is 4.49. The number of ether oxygens (including phenoxy) is 1. The smallest absolute Gasteiger partial charge is 0.272 e. The fraction of sp³-hybridized carbons (Fsp3) is 0.250. The molecule has 1 fully saturated rings. The number of nitrogens with one attached hydrogen (secondary N) is 2. The zero-order valence-corrected chi connectivity index (χ0v) is 14.5. The molecule has 5 heteroatoms. The van der Waals surface area contributed by atoms with E-state index in [9.17, 15) is 4.79 Å². The van der Waals surface area contributed by atoms with E-state index in [4.69, 9.17) is 16.3 Å². The van der Waals surface area contributed by atoms with Crippen molar-refractivity contribution < 1.29 is 9.53 Å². The first-order chi connectivity index (χ1) is 12.2. The van der Waals surface area contributed by atoms with Gasteiger partial charge in [0.25, 0.3) is 5.91 Å². The molecule has 1 heterocycles. The second kappa shape index (κ2) is 6.90. The summed E-state index contributed by atoms with van der Waals surface area (Å²) in [6.07, 6.45) is 2.57. The van der Waals surface area contributed by atoms with E-state index in [1.807, 2.05) is 36.4 Å². The topological polar surface area (TPSA) is 54.1 Å². The summed E-state index contributed by atoms with van der Waals surface area (Å²) < 4.78 is 5.71. The van der Waals surface area contributed by atoms with E-state index >= 15 is 0 Å². The molecule has 0 radical (unpaired) electrons. The van der Waals surface area contributed by atoms with Gasteiger partial charge in [0.15, 0.2) is 0 Å². The maximum Gasteiger partial charge on any atom is 0.272 e. The van der Waals surface area contributed by atoms with Crippen molar-refractivity contribution in [2.24, 2.45) is 5.92 Å². The van der Waals surface area contributed by atoms with E-state index in [-0.39, 0.29) is 5.91 Å². The van der Waals surface area contributed by atoms with Crippen molar-refractivity contribution in [2.45, 2.75) is 19.4 Å². The van der Waals surface area contributed by atoms with Crippen LogP contribution >= 0.6 is 11.6 Å². The van der Waals surface area contributed by atoms with E-state index < -0.39 is 0 Å². The van der Waals surface area contributed by atoms with Gasteiger partial charge in [-0.25, -0.2) is 0 Å². The second-order valence-corrected chi connectivity index (χ2v) is 6.96. The van der Waals surface area contributed by atoms with E-state index in [0.29, 0.717) is 17.3 Å². The SMILES string of the molecule is O=C(Nc1cccc(COCC2CC2)c1)c1cc2cc(Cl)ccc2[nH]1. The molecule has 0 spiro atoms. The Kier molecular flexibility index (Phi) is 4.47. The summed E-state index contributed by atoms with van der Waals surface area (Å²) >= 11 is 5.99. The lowest BCUT2D eigenvalue weighted by Gasteiger charge is -2.07. The highest BCUT2D eigenvalue weighted by Gasteiger charge is 2.21. The maximum absolute atomic E-state index is 12.5. The number of hydrogen-bond donors (Lipinski definition) is 2. The van der Waals surface area contributed by atoms with Crippen LogP contribution in [0.3, 0.4) is 0 Å². The Bertz CT molecular complexity index is 915. The third-order valence-electron chi connectivity index (χ3n) is 4.33. The zero-order chi connectivity index (χ0) is 17.2. The van der Waals surface area contributed by atoms with E-state index in [2.05, 4.69) is 10.3 Å². The first-order valence-corrected chi connectivity index (χ1v) is 8.81. The molecule has 0 atom stereocenters. The Morgan fingerprint density at radius 2 is 2.08 bits per heavy atom. The quantitative estimate of drug-likeness (QED) is 0.654. The number of aromatic nitrogens is 1. The molecule has 128 valence electrons. The molecule has 4 nitrogen and oxygen atoms in total. The van der Waals surface area contributed by atoms with Gasteiger partial charge in [-0.3, -0.25) is 4.79 Å². The lowest BCUT2D eigenvalue weighted by atomic mass is 10.2. The van der Waals surface area contributed by atoms with Crippen LogP contribution in [0.4, 0.5) is 5.69 Å². The summed E-state index contributed by atoms with van der Waals surface area (Å²) in [6.45, 7) is 1.40. The Hall–Kier alpha value is -2.30. The average molecular weight is 355 g/mol. The number of H-pyrrole nitrogens is 1. The molecule has 0 unspecified atom stereocenters. The summed E-state index contributed by atoms with van der Waals surface area (Å²) in [7, 11) is 0. The molecule has 2 N–H and O–H groups in total. The Labute approximate surface area is 151 Å². The van der Waals surface area contributed by atoms with Crippen LogP contribution in [0.2, 0.25) is 5.02 Å². The largest absolute Gasteiger partial charge is 0.376 e. The van der Waals surface area contributed by atoms with Crippen LogP contribution in [0, 0.1) is 5.92 Å². The van der Waals surface area contributed by atoms with Crippen LogP contribution in [0.5, 0.6) is 0 Å². The molecule has 4 rings (SSSR count). The minimum atomic E-state index is -0.177. The highest BCUT2D eigenvalue weighted by molar-refractivity contribution is 6.31. The van der Waals surface area contributed by atoms with Gasteiger partial charge in [0.1, 0.15) is 5.69 Å². The second-order valence-electron chi connectivity index (χ2n) is 6.53. The van der Waals surface area contributed by atoms with Crippen LogP contribution in [-0.4, -0.2) is 17.5 Å². The highest BCUT2D eigenvalue weighted by Crippen LogP contribution is 2.29. The molecule has 0 saturated heterocycles. The van der Waals surface area contributed by atoms with Crippen molar-refractivity contribution >= 4 is 34.1 Å². The number of hydrogen-bond acceptors (Lipinski definition) is 2. The third kappa shape index (κ3) is 4.03. The van der Waals surface area contributed by atoms with Crippen molar-refractivity contribution in [3.8, 4) is 0 Å².